The lowest BCUT2D eigenvalue weighted by Crippen LogP contribution is -2.50. The average Bonchev–Trinajstić information content (AvgIpc) is 3.28. The van der Waals surface area contributed by atoms with Crippen LogP contribution in [-0.4, -0.2) is 90.3 Å². The second kappa shape index (κ2) is 9.74. The van der Waals surface area contributed by atoms with E-state index in [-0.39, 0.29) is 29.7 Å². The molecule has 1 aliphatic rings. The van der Waals surface area contributed by atoms with Crippen LogP contribution in [0.15, 0.2) is 12.7 Å². The predicted molar refractivity (Wildman–Crippen MR) is 109 cm³/mol. The van der Waals surface area contributed by atoms with E-state index < -0.39 is 42.5 Å². The molecule has 7 N–H and O–H groups in total. The summed E-state index contributed by atoms with van der Waals surface area (Å²) in [5.41, 5.74) is 11.7. The molecule has 0 aromatic carbocycles. The van der Waals surface area contributed by atoms with E-state index in [9.17, 15) is 24.9 Å². The minimum absolute atomic E-state index is 0.144. The van der Waals surface area contributed by atoms with Crippen LogP contribution >= 0.6 is 0 Å². The molecule has 0 saturated carbocycles. The van der Waals surface area contributed by atoms with Gasteiger partial charge in [-0.15, -0.1) is 0 Å². The van der Waals surface area contributed by atoms with Crippen molar-refractivity contribution in [3.05, 3.63) is 12.7 Å². The zero-order valence-corrected chi connectivity index (χ0v) is 17.6. The zero-order chi connectivity index (χ0) is 22.7. The van der Waals surface area contributed by atoms with E-state index in [4.69, 9.17) is 16.2 Å². The van der Waals surface area contributed by atoms with Crippen molar-refractivity contribution in [2.75, 3.05) is 30.0 Å². The number of rotatable bonds is 9. The molecule has 2 aromatic rings. The van der Waals surface area contributed by atoms with Crippen LogP contribution in [0, 0.1) is 0 Å². The fourth-order valence-electron chi connectivity index (χ4n) is 3.34. The van der Waals surface area contributed by atoms with Crippen LogP contribution in [0.3, 0.4) is 0 Å². The Labute approximate surface area is 180 Å². The van der Waals surface area contributed by atoms with Gasteiger partial charge in [-0.2, -0.15) is 0 Å². The maximum atomic E-state index is 11.4. The van der Waals surface area contributed by atoms with Crippen molar-refractivity contribution in [1.29, 1.82) is 0 Å². The van der Waals surface area contributed by atoms with Gasteiger partial charge in [0.05, 0.1) is 31.1 Å². The molecule has 1 aliphatic heterocycles. The number of imidazole rings is 1. The van der Waals surface area contributed by atoms with Gasteiger partial charge in [0.15, 0.2) is 17.7 Å². The highest BCUT2D eigenvalue weighted by molar-refractivity contribution is 7.96. The third-order valence-corrected chi connectivity index (χ3v) is 6.84. The van der Waals surface area contributed by atoms with Gasteiger partial charge in [-0.3, -0.25) is 9.36 Å². The molecule has 0 aliphatic carbocycles. The Morgan fingerprint density at radius 1 is 1.35 bits per heavy atom. The van der Waals surface area contributed by atoms with Gasteiger partial charge in [0.1, 0.15) is 41.7 Å². The zero-order valence-electron chi connectivity index (χ0n) is 16.7. The van der Waals surface area contributed by atoms with Crippen LogP contribution in [0.1, 0.15) is 12.6 Å². The third kappa shape index (κ3) is 5.04. The number of nitrogens with zero attached hydrogens (tertiary/aromatic N) is 4. The molecule has 170 valence electrons. The van der Waals surface area contributed by atoms with Crippen LogP contribution in [0.4, 0.5) is 5.82 Å². The third-order valence-electron chi connectivity index (χ3n) is 5.01. The maximum absolute atomic E-state index is 11.4. The Balaban J connectivity index is 1.62. The summed E-state index contributed by atoms with van der Waals surface area (Å²) in [5.74, 6) is -0.965. The molecule has 1 fully saturated rings. The normalized spacial score (nSPS) is 25.4. The Kier molecular flexibility index (Phi) is 7.27. The fraction of sp³-hybridized carbons (Fsp3) is 0.588. The molecule has 3 rings (SSSR count). The van der Waals surface area contributed by atoms with Gasteiger partial charge in [0.2, 0.25) is 5.91 Å². The molecule has 2 aromatic heterocycles. The SMILES string of the molecule is C[S+](CC[C@@H](NC(=O)CN)C(=O)[O-])CC1OC(n2cnc3c(N)ncnc32)[C@@H](O)[C@H]1O. The van der Waals surface area contributed by atoms with Gasteiger partial charge in [-0.05, 0) is 10.9 Å². The number of hydrogen-bond donors (Lipinski definition) is 5. The van der Waals surface area contributed by atoms with Crippen LogP contribution < -0.4 is 21.9 Å². The molecule has 14 heteroatoms. The van der Waals surface area contributed by atoms with Crippen LogP contribution in [0.5, 0.6) is 0 Å². The van der Waals surface area contributed by atoms with Gasteiger partial charge < -0.3 is 41.6 Å². The second-order valence-electron chi connectivity index (χ2n) is 7.21. The molecule has 0 radical (unpaired) electrons. The number of amides is 1. The first-order valence-corrected chi connectivity index (χ1v) is 11.4. The highest BCUT2D eigenvalue weighted by Crippen LogP contribution is 2.32. The Hall–Kier alpha value is -2.52. The first-order valence-electron chi connectivity index (χ1n) is 9.47. The van der Waals surface area contributed by atoms with Crippen molar-refractivity contribution >= 4 is 39.8 Å². The van der Waals surface area contributed by atoms with Crippen molar-refractivity contribution in [3.8, 4) is 0 Å². The Bertz CT molecular complexity index is 943. The van der Waals surface area contributed by atoms with Crippen molar-refractivity contribution < 1.29 is 29.6 Å². The Morgan fingerprint density at radius 2 is 2.10 bits per heavy atom. The lowest BCUT2D eigenvalue weighted by Gasteiger charge is -2.19. The number of nitrogen functional groups attached to an aromatic ring is 1. The number of carboxylic acid groups (broad SMARTS) is 1. The van der Waals surface area contributed by atoms with Gasteiger partial charge in [0, 0.05) is 6.42 Å². The number of aromatic nitrogens is 4. The summed E-state index contributed by atoms with van der Waals surface area (Å²) in [6.45, 7) is -0.317. The summed E-state index contributed by atoms with van der Waals surface area (Å²) in [5, 5.41) is 34.5. The summed E-state index contributed by atoms with van der Waals surface area (Å²) in [7, 11) is -0.382. The number of fused-ring (bicyclic) bond motifs is 1. The first-order chi connectivity index (χ1) is 14.7. The van der Waals surface area contributed by atoms with Gasteiger partial charge in [-0.25, -0.2) is 15.0 Å². The topological polar surface area (TPSA) is 215 Å². The van der Waals surface area contributed by atoms with E-state index in [0.29, 0.717) is 22.7 Å². The molecule has 13 nitrogen and oxygen atoms in total. The number of carbonyl (C=O) groups is 2. The number of hydrogen-bond acceptors (Lipinski definition) is 11. The van der Waals surface area contributed by atoms with Crippen molar-refractivity contribution in [2.45, 2.75) is 37.0 Å². The quantitative estimate of drug-likeness (QED) is 0.229. The highest BCUT2D eigenvalue weighted by Gasteiger charge is 2.46. The summed E-state index contributed by atoms with van der Waals surface area (Å²) in [6, 6.07) is -1.15. The van der Waals surface area contributed by atoms with Gasteiger partial charge in [-0.1, -0.05) is 0 Å². The molecular weight excluding hydrogens is 430 g/mol. The fourth-order valence-corrected chi connectivity index (χ4v) is 4.98. The Morgan fingerprint density at radius 3 is 2.77 bits per heavy atom. The number of ether oxygens (including phenoxy) is 1. The summed E-state index contributed by atoms with van der Waals surface area (Å²) >= 11 is 0. The van der Waals surface area contributed by atoms with E-state index in [0.717, 1.165) is 0 Å². The minimum Gasteiger partial charge on any atom is -0.548 e. The number of anilines is 1. The lowest BCUT2D eigenvalue weighted by atomic mass is 10.1. The number of aliphatic hydroxyl groups is 2. The van der Waals surface area contributed by atoms with Crippen molar-refractivity contribution in [1.82, 2.24) is 24.8 Å². The molecule has 6 atom stereocenters. The molecule has 0 bridgehead atoms. The number of aliphatic hydroxyl groups excluding tert-OH is 2. The van der Waals surface area contributed by atoms with E-state index in [1.807, 2.05) is 6.26 Å². The number of carboxylic acids is 1. The molecule has 3 unspecified atom stereocenters. The lowest BCUT2D eigenvalue weighted by molar-refractivity contribution is -0.308. The van der Waals surface area contributed by atoms with E-state index in [1.54, 1.807) is 0 Å². The molecular formula is C17H25N7O6S. The monoisotopic (exact) mass is 455 g/mol. The van der Waals surface area contributed by atoms with Crippen LogP contribution in [-0.2, 0) is 25.2 Å². The molecule has 3 heterocycles. The average molecular weight is 455 g/mol. The highest BCUT2D eigenvalue weighted by atomic mass is 32.2. The van der Waals surface area contributed by atoms with Gasteiger partial charge >= 0.3 is 0 Å². The largest absolute Gasteiger partial charge is 0.548 e. The number of carbonyl (C=O) groups excluding carboxylic acids is 2. The number of aliphatic carboxylic acids is 1. The minimum atomic E-state index is -1.39. The van der Waals surface area contributed by atoms with Crippen LogP contribution in [0.2, 0.25) is 0 Å². The van der Waals surface area contributed by atoms with E-state index in [1.165, 1.54) is 17.2 Å². The molecule has 31 heavy (non-hydrogen) atoms. The predicted octanol–water partition coefficient (Wildman–Crippen LogP) is -4.14. The number of nitrogens with one attached hydrogen (secondary N) is 1. The second-order valence-corrected chi connectivity index (χ2v) is 9.52. The van der Waals surface area contributed by atoms with E-state index >= 15 is 0 Å². The number of nitrogens with two attached hydrogens (primary N) is 2. The smallest absolute Gasteiger partial charge is 0.234 e. The summed E-state index contributed by atoms with van der Waals surface area (Å²) in [6.07, 6.45) is 0.709. The summed E-state index contributed by atoms with van der Waals surface area (Å²) < 4.78 is 7.39. The maximum Gasteiger partial charge on any atom is 0.234 e. The standard InChI is InChI=1S/C17H25N7O6S/c1-31(3-2-8(17(28)29)23-10(25)4-18)5-9-12(26)13(27)16(30-9)24-7-22-11-14(19)20-6-21-15(11)24/h6-9,12-13,16,26-27H,2-5,18H2,1H3,(H3-,19,20,21,23,25,28,29)/t8-,9?,12+,13+,16?,31?/m1/s1. The molecule has 0 spiro atoms. The van der Waals surface area contributed by atoms with Crippen LogP contribution in [0.25, 0.3) is 11.2 Å². The van der Waals surface area contributed by atoms with Crippen molar-refractivity contribution in [3.63, 3.8) is 0 Å². The molecule has 1 saturated heterocycles. The first kappa shape index (κ1) is 23.1. The summed E-state index contributed by atoms with van der Waals surface area (Å²) in [4.78, 5) is 34.7. The molecule has 1 amide bonds. The van der Waals surface area contributed by atoms with E-state index in [2.05, 4.69) is 20.3 Å². The van der Waals surface area contributed by atoms with Gasteiger partial charge in [0.25, 0.3) is 0 Å². The van der Waals surface area contributed by atoms with Crippen molar-refractivity contribution in [2.24, 2.45) is 5.73 Å².